The molecule has 8 heteroatoms. The van der Waals surface area contributed by atoms with Crippen LogP contribution in [-0.2, 0) is 17.8 Å². The Kier molecular flexibility index (Phi) is 6.39. The molecule has 2 atom stereocenters. The molecule has 1 aliphatic rings. The van der Waals surface area contributed by atoms with Crippen molar-refractivity contribution in [2.45, 2.75) is 59.4 Å². The summed E-state index contributed by atoms with van der Waals surface area (Å²) in [7, 11) is 0. The van der Waals surface area contributed by atoms with Crippen LogP contribution in [0.5, 0.6) is 0 Å². The standard InChI is InChI=1S/C24H32N6O2/c1-15(2)12-18-7-9-20(10-8-18)16(3)24(32)29-11-5-6-19(13-29)14-30-22-21(27-28-30)23(31)26-17(4)25-22/h7-10,15-16,19H,5-6,11-14H2,1-4H3,(H,25,26,31)/t16-,19+/m1/s1. The van der Waals surface area contributed by atoms with Crippen LogP contribution in [0.3, 0.4) is 0 Å². The number of nitrogens with one attached hydrogen (secondary N) is 1. The molecule has 1 N–H and O–H groups in total. The second-order valence-electron chi connectivity index (χ2n) is 9.45. The average molecular weight is 437 g/mol. The van der Waals surface area contributed by atoms with E-state index in [-0.39, 0.29) is 28.8 Å². The number of H-pyrrole nitrogens is 1. The number of fused-ring (bicyclic) bond motifs is 1. The van der Waals surface area contributed by atoms with Gasteiger partial charge in [0.05, 0.1) is 5.92 Å². The Bertz CT molecular complexity index is 1150. The second-order valence-corrected chi connectivity index (χ2v) is 9.45. The van der Waals surface area contributed by atoms with Gasteiger partial charge in [0.1, 0.15) is 5.82 Å². The van der Waals surface area contributed by atoms with Crippen LogP contribution in [-0.4, -0.2) is 48.9 Å². The molecule has 2 aromatic heterocycles. The van der Waals surface area contributed by atoms with Crippen molar-refractivity contribution in [3.8, 4) is 0 Å². The van der Waals surface area contributed by atoms with Gasteiger partial charge in [-0.15, -0.1) is 5.10 Å². The molecule has 0 spiro atoms. The number of aromatic nitrogens is 5. The van der Waals surface area contributed by atoms with Crippen LogP contribution < -0.4 is 5.56 Å². The molecule has 170 valence electrons. The molecular weight excluding hydrogens is 404 g/mol. The minimum atomic E-state index is -0.271. The summed E-state index contributed by atoms with van der Waals surface area (Å²) in [6.07, 6.45) is 3.01. The lowest BCUT2D eigenvalue weighted by atomic mass is 9.93. The summed E-state index contributed by atoms with van der Waals surface area (Å²) < 4.78 is 1.70. The van der Waals surface area contributed by atoms with Gasteiger partial charge in [-0.25, -0.2) is 9.67 Å². The Morgan fingerprint density at radius 1 is 1.22 bits per heavy atom. The summed E-state index contributed by atoms with van der Waals surface area (Å²) in [5.41, 5.74) is 2.86. The number of benzene rings is 1. The summed E-state index contributed by atoms with van der Waals surface area (Å²) >= 11 is 0. The molecular formula is C24H32N6O2. The fraction of sp³-hybridized carbons (Fsp3) is 0.542. The molecule has 32 heavy (non-hydrogen) atoms. The molecule has 0 saturated carbocycles. The van der Waals surface area contributed by atoms with Gasteiger partial charge in [-0.2, -0.15) is 0 Å². The van der Waals surface area contributed by atoms with Crippen molar-refractivity contribution in [1.29, 1.82) is 0 Å². The number of piperidine rings is 1. The number of amides is 1. The van der Waals surface area contributed by atoms with Crippen molar-refractivity contribution in [2.24, 2.45) is 11.8 Å². The molecule has 1 fully saturated rings. The molecule has 3 aromatic rings. The van der Waals surface area contributed by atoms with E-state index in [1.165, 1.54) is 5.56 Å². The third-order valence-corrected chi connectivity index (χ3v) is 6.25. The maximum absolute atomic E-state index is 13.2. The number of aromatic amines is 1. The van der Waals surface area contributed by atoms with Crippen molar-refractivity contribution in [2.75, 3.05) is 13.1 Å². The van der Waals surface area contributed by atoms with Crippen molar-refractivity contribution in [1.82, 2.24) is 29.9 Å². The third-order valence-electron chi connectivity index (χ3n) is 6.25. The number of aryl methyl sites for hydroxylation is 1. The second kappa shape index (κ2) is 9.22. The molecule has 0 radical (unpaired) electrons. The summed E-state index contributed by atoms with van der Waals surface area (Å²) in [6.45, 7) is 10.2. The van der Waals surface area contributed by atoms with Crippen molar-refractivity contribution < 1.29 is 4.79 Å². The van der Waals surface area contributed by atoms with Crippen LogP contribution in [0.1, 0.15) is 56.5 Å². The maximum atomic E-state index is 13.2. The monoisotopic (exact) mass is 436 g/mol. The zero-order valence-corrected chi connectivity index (χ0v) is 19.3. The van der Waals surface area contributed by atoms with E-state index in [4.69, 9.17) is 0 Å². The minimum Gasteiger partial charge on any atom is -0.342 e. The van der Waals surface area contributed by atoms with E-state index < -0.39 is 0 Å². The molecule has 3 heterocycles. The van der Waals surface area contributed by atoms with Gasteiger partial charge in [0.25, 0.3) is 5.56 Å². The predicted molar refractivity (Wildman–Crippen MR) is 123 cm³/mol. The van der Waals surface area contributed by atoms with Gasteiger partial charge >= 0.3 is 0 Å². The number of likely N-dealkylation sites (tertiary alicyclic amines) is 1. The van der Waals surface area contributed by atoms with Crippen molar-refractivity contribution >= 4 is 17.1 Å². The number of hydrogen-bond acceptors (Lipinski definition) is 5. The first kappa shape index (κ1) is 22.2. The number of hydrogen-bond donors (Lipinski definition) is 1. The van der Waals surface area contributed by atoms with E-state index in [0.29, 0.717) is 30.5 Å². The zero-order chi connectivity index (χ0) is 22.8. The van der Waals surface area contributed by atoms with E-state index in [0.717, 1.165) is 31.4 Å². The molecule has 4 rings (SSSR count). The van der Waals surface area contributed by atoms with E-state index in [1.807, 2.05) is 11.8 Å². The Balaban J connectivity index is 1.43. The van der Waals surface area contributed by atoms with E-state index in [1.54, 1.807) is 11.6 Å². The first-order valence-corrected chi connectivity index (χ1v) is 11.5. The van der Waals surface area contributed by atoms with Gasteiger partial charge in [-0.1, -0.05) is 43.3 Å². The molecule has 0 bridgehead atoms. The summed E-state index contributed by atoms with van der Waals surface area (Å²) in [4.78, 5) is 34.4. The smallest absolute Gasteiger partial charge is 0.281 e. The summed E-state index contributed by atoms with van der Waals surface area (Å²) in [5.74, 6) is 1.40. The topological polar surface area (TPSA) is 96.8 Å². The van der Waals surface area contributed by atoms with Crippen LogP contribution in [0, 0.1) is 18.8 Å². The molecule has 0 unspecified atom stereocenters. The van der Waals surface area contributed by atoms with Crippen LogP contribution >= 0.6 is 0 Å². The fourth-order valence-electron chi connectivity index (χ4n) is 4.59. The molecule has 1 aromatic carbocycles. The Morgan fingerprint density at radius 3 is 2.69 bits per heavy atom. The number of rotatable bonds is 6. The van der Waals surface area contributed by atoms with Gasteiger partial charge in [-0.3, -0.25) is 9.59 Å². The van der Waals surface area contributed by atoms with Gasteiger partial charge < -0.3 is 9.88 Å². The molecule has 1 aliphatic heterocycles. The minimum absolute atomic E-state index is 0.167. The SMILES string of the molecule is Cc1nc2c(nnn2C[C@H]2CCCN(C(=O)[C@H](C)c3ccc(CC(C)C)cc3)C2)c(=O)[nH]1. The lowest BCUT2D eigenvalue weighted by Gasteiger charge is -2.34. The molecule has 8 nitrogen and oxygen atoms in total. The van der Waals surface area contributed by atoms with Crippen LogP contribution in [0.25, 0.3) is 11.2 Å². The first-order chi connectivity index (χ1) is 15.3. The Morgan fingerprint density at radius 2 is 1.97 bits per heavy atom. The maximum Gasteiger partial charge on any atom is 0.281 e. The number of nitrogens with zero attached hydrogens (tertiary/aromatic N) is 5. The third kappa shape index (κ3) is 4.74. The first-order valence-electron chi connectivity index (χ1n) is 11.5. The van der Waals surface area contributed by atoms with Gasteiger partial charge in [0.15, 0.2) is 11.2 Å². The van der Waals surface area contributed by atoms with Crippen LogP contribution in [0.2, 0.25) is 0 Å². The van der Waals surface area contributed by atoms with E-state index >= 15 is 0 Å². The van der Waals surface area contributed by atoms with Gasteiger partial charge in [0.2, 0.25) is 5.91 Å². The number of carbonyl (C=O) groups is 1. The van der Waals surface area contributed by atoms with Crippen LogP contribution in [0.4, 0.5) is 0 Å². The van der Waals surface area contributed by atoms with Crippen LogP contribution in [0.15, 0.2) is 29.1 Å². The molecule has 1 amide bonds. The highest BCUT2D eigenvalue weighted by molar-refractivity contribution is 5.83. The van der Waals surface area contributed by atoms with Gasteiger partial charge in [-0.05, 0) is 56.1 Å². The molecule has 0 aliphatic carbocycles. The highest BCUT2D eigenvalue weighted by Crippen LogP contribution is 2.25. The highest BCUT2D eigenvalue weighted by Gasteiger charge is 2.28. The average Bonchev–Trinajstić information content (AvgIpc) is 3.16. The normalized spacial score (nSPS) is 17.8. The fourth-order valence-corrected chi connectivity index (χ4v) is 4.59. The van der Waals surface area contributed by atoms with Crippen molar-refractivity contribution in [3.05, 3.63) is 51.6 Å². The Labute approximate surface area is 188 Å². The summed E-state index contributed by atoms with van der Waals surface area (Å²) in [6, 6.07) is 8.47. The van der Waals surface area contributed by atoms with Gasteiger partial charge in [0, 0.05) is 19.6 Å². The lowest BCUT2D eigenvalue weighted by molar-refractivity contribution is -0.134. The Hall–Kier alpha value is -3.03. The number of carbonyl (C=O) groups excluding carboxylic acids is 1. The quantitative estimate of drug-likeness (QED) is 0.641. The zero-order valence-electron chi connectivity index (χ0n) is 19.3. The summed E-state index contributed by atoms with van der Waals surface area (Å²) in [5, 5.41) is 8.15. The largest absolute Gasteiger partial charge is 0.342 e. The highest BCUT2D eigenvalue weighted by atomic mass is 16.2. The van der Waals surface area contributed by atoms with Crippen molar-refractivity contribution in [3.63, 3.8) is 0 Å². The predicted octanol–water partition coefficient (Wildman–Crippen LogP) is 3.06. The lowest BCUT2D eigenvalue weighted by Crippen LogP contribution is -2.43. The van der Waals surface area contributed by atoms with E-state index in [9.17, 15) is 9.59 Å². The molecule has 1 saturated heterocycles. The van der Waals surface area contributed by atoms with E-state index in [2.05, 4.69) is 58.4 Å².